The maximum atomic E-state index is 12.2. The lowest BCUT2D eigenvalue weighted by Gasteiger charge is -2.26. The topological polar surface area (TPSA) is 67.4 Å². The van der Waals surface area contributed by atoms with Gasteiger partial charge >= 0.3 is 0 Å². The van der Waals surface area contributed by atoms with E-state index < -0.39 is 0 Å². The third kappa shape index (κ3) is 3.90. The molecule has 0 atom stereocenters. The molecule has 1 saturated heterocycles. The average molecular weight is 353 g/mol. The number of nitrogens with zero attached hydrogens (tertiary/aromatic N) is 3. The number of ether oxygens (including phenoxy) is 1. The van der Waals surface area contributed by atoms with Crippen LogP contribution in [0.25, 0.3) is 0 Å². The number of amides is 1. The van der Waals surface area contributed by atoms with Crippen LogP contribution in [0, 0.1) is 0 Å². The number of rotatable bonds is 3. The number of nitrogens with one attached hydrogen (secondary N) is 1. The van der Waals surface area contributed by atoms with Crippen LogP contribution in [0.15, 0.2) is 30.6 Å². The second-order valence-corrected chi connectivity index (χ2v) is 5.79. The van der Waals surface area contributed by atoms with Crippen molar-refractivity contribution in [2.24, 2.45) is 0 Å². The number of benzene rings is 1. The van der Waals surface area contributed by atoms with Crippen molar-refractivity contribution in [3.05, 3.63) is 46.2 Å². The SMILES string of the molecule is O=C(Nc1cnc(N2CCOCC2)nc1)c1ccc(Cl)cc1Cl. The van der Waals surface area contributed by atoms with Crippen LogP contribution in [0.2, 0.25) is 10.0 Å². The first-order valence-corrected chi connectivity index (χ1v) is 7.80. The van der Waals surface area contributed by atoms with Crippen LogP contribution in [0.3, 0.4) is 0 Å². The molecule has 2 heterocycles. The molecule has 1 amide bonds. The Bertz CT molecular complexity index is 703. The molecule has 1 aliphatic rings. The summed E-state index contributed by atoms with van der Waals surface area (Å²) in [5, 5.41) is 3.48. The lowest BCUT2D eigenvalue weighted by molar-refractivity contribution is 0.102. The number of carbonyl (C=O) groups is 1. The largest absolute Gasteiger partial charge is 0.378 e. The standard InChI is InChI=1S/C15H14Cl2N4O2/c16-10-1-2-12(13(17)7-10)14(22)20-11-8-18-15(19-9-11)21-3-5-23-6-4-21/h1-2,7-9H,3-6H2,(H,20,22). The molecule has 1 aliphatic heterocycles. The van der Waals surface area contributed by atoms with Crippen LogP contribution in [0.1, 0.15) is 10.4 Å². The van der Waals surface area contributed by atoms with Crippen LogP contribution < -0.4 is 10.2 Å². The van der Waals surface area contributed by atoms with Gasteiger partial charge in [0.1, 0.15) is 0 Å². The van der Waals surface area contributed by atoms with Gasteiger partial charge in [-0.25, -0.2) is 9.97 Å². The van der Waals surface area contributed by atoms with Crippen molar-refractivity contribution in [1.82, 2.24) is 9.97 Å². The summed E-state index contributed by atoms with van der Waals surface area (Å²) in [5.74, 6) is 0.283. The van der Waals surface area contributed by atoms with Crippen molar-refractivity contribution in [1.29, 1.82) is 0 Å². The smallest absolute Gasteiger partial charge is 0.257 e. The van der Waals surface area contributed by atoms with Gasteiger partial charge in [0, 0.05) is 18.1 Å². The number of halogens is 2. The van der Waals surface area contributed by atoms with E-state index in [1.54, 1.807) is 24.5 Å². The predicted molar refractivity (Wildman–Crippen MR) is 89.5 cm³/mol. The molecule has 2 aromatic rings. The summed E-state index contributed by atoms with van der Waals surface area (Å²) in [6.07, 6.45) is 3.14. The summed E-state index contributed by atoms with van der Waals surface area (Å²) in [6, 6.07) is 4.71. The molecule has 1 aromatic carbocycles. The monoisotopic (exact) mass is 352 g/mol. The summed E-state index contributed by atoms with van der Waals surface area (Å²) in [6.45, 7) is 2.84. The number of carbonyl (C=O) groups excluding carboxylic acids is 1. The highest BCUT2D eigenvalue weighted by molar-refractivity contribution is 6.37. The van der Waals surface area contributed by atoms with Crippen LogP contribution in [0.4, 0.5) is 11.6 Å². The molecule has 120 valence electrons. The predicted octanol–water partition coefficient (Wildman–Crippen LogP) is 2.87. The van der Waals surface area contributed by atoms with Gasteiger partial charge < -0.3 is 15.0 Å². The van der Waals surface area contributed by atoms with Gasteiger partial charge in [0.25, 0.3) is 5.91 Å². The van der Waals surface area contributed by atoms with E-state index in [9.17, 15) is 4.79 Å². The van der Waals surface area contributed by atoms with Crippen molar-refractivity contribution < 1.29 is 9.53 Å². The fourth-order valence-electron chi connectivity index (χ4n) is 2.18. The van der Waals surface area contributed by atoms with Crippen LogP contribution in [-0.4, -0.2) is 42.2 Å². The molecule has 0 bridgehead atoms. The van der Waals surface area contributed by atoms with Crippen LogP contribution in [0.5, 0.6) is 0 Å². The Labute approximate surface area is 143 Å². The normalized spacial score (nSPS) is 14.6. The molecule has 0 radical (unpaired) electrons. The molecule has 0 saturated carbocycles. The minimum atomic E-state index is -0.339. The number of hydrogen-bond donors (Lipinski definition) is 1. The molecule has 1 aromatic heterocycles. The molecule has 0 unspecified atom stereocenters. The highest BCUT2D eigenvalue weighted by Crippen LogP contribution is 2.22. The lowest BCUT2D eigenvalue weighted by atomic mass is 10.2. The molecule has 1 N–H and O–H groups in total. The van der Waals surface area contributed by atoms with Crippen molar-refractivity contribution >= 4 is 40.7 Å². The Kier molecular flexibility index (Phi) is 4.95. The van der Waals surface area contributed by atoms with Gasteiger partial charge in [0.15, 0.2) is 0 Å². The zero-order valence-corrected chi connectivity index (χ0v) is 13.6. The third-order valence-corrected chi connectivity index (χ3v) is 3.91. The maximum Gasteiger partial charge on any atom is 0.257 e. The second-order valence-electron chi connectivity index (χ2n) is 4.95. The van der Waals surface area contributed by atoms with Gasteiger partial charge in [-0.15, -0.1) is 0 Å². The molecule has 0 aliphatic carbocycles. The number of anilines is 2. The maximum absolute atomic E-state index is 12.2. The Balaban J connectivity index is 1.69. The van der Waals surface area contributed by atoms with Gasteiger partial charge in [-0.1, -0.05) is 23.2 Å². The van der Waals surface area contributed by atoms with Gasteiger partial charge in [-0.3, -0.25) is 4.79 Å². The zero-order valence-electron chi connectivity index (χ0n) is 12.1. The fourth-order valence-corrected chi connectivity index (χ4v) is 2.68. The minimum Gasteiger partial charge on any atom is -0.378 e. The quantitative estimate of drug-likeness (QED) is 0.919. The summed E-state index contributed by atoms with van der Waals surface area (Å²) in [7, 11) is 0. The first-order valence-electron chi connectivity index (χ1n) is 7.04. The van der Waals surface area contributed by atoms with Crippen molar-refractivity contribution in [3.63, 3.8) is 0 Å². The minimum absolute atomic E-state index is 0.292. The molecule has 6 nitrogen and oxygen atoms in total. The molecular weight excluding hydrogens is 339 g/mol. The summed E-state index contributed by atoms with van der Waals surface area (Å²) in [4.78, 5) is 22.8. The van der Waals surface area contributed by atoms with E-state index >= 15 is 0 Å². The van der Waals surface area contributed by atoms with E-state index in [0.29, 0.717) is 40.5 Å². The second kappa shape index (κ2) is 7.12. The molecular formula is C15H14Cl2N4O2. The molecule has 3 rings (SSSR count). The molecule has 23 heavy (non-hydrogen) atoms. The van der Waals surface area contributed by atoms with Crippen molar-refractivity contribution in [2.45, 2.75) is 0 Å². The van der Waals surface area contributed by atoms with Crippen molar-refractivity contribution in [2.75, 3.05) is 36.5 Å². The van der Waals surface area contributed by atoms with E-state index in [0.717, 1.165) is 13.1 Å². The molecule has 0 spiro atoms. The average Bonchev–Trinajstić information content (AvgIpc) is 2.56. The van der Waals surface area contributed by atoms with E-state index in [1.165, 1.54) is 6.07 Å². The first kappa shape index (κ1) is 16.0. The zero-order chi connectivity index (χ0) is 16.2. The summed E-state index contributed by atoms with van der Waals surface area (Å²) < 4.78 is 5.29. The van der Waals surface area contributed by atoms with E-state index in [4.69, 9.17) is 27.9 Å². The highest BCUT2D eigenvalue weighted by Gasteiger charge is 2.15. The Hall–Kier alpha value is -1.89. The number of aromatic nitrogens is 2. The molecule has 8 heteroatoms. The molecule has 1 fully saturated rings. The highest BCUT2D eigenvalue weighted by atomic mass is 35.5. The Morgan fingerprint density at radius 2 is 1.87 bits per heavy atom. The van der Waals surface area contributed by atoms with E-state index in [-0.39, 0.29) is 5.91 Å². The Morgan fingerprint density at radius 3 is 2.52 bits per heavy atom. The number of morpholine rings is 1. The van der Waals surface area contributed by atoms with Gasteiger partial charge in [0.05, 0.1) is 41.9 Å². The van der Waals surface area contributed by atoms with Crippen LogP contribution in [-0.2, 0) is 4.74 Å². The van der Waals surface area contributed by atoms with Crippen molar-refractivity contribution in [3.8, 4) is 0 Å². The lowest BCUT2D eigenvalue weighted by Crippen LogP contribution is -2.37. The van der Waals surface area contributed by atoms with Gasteiger partial charge in [-0.2, -0.15) is 0 Å². The summed E-state index contributed by atoms with van der Waals surface area (Å²) >= 11 is 11.8. The number of hydrogen-bond acceptors (Lipinski definition) is 5. The third-order valence-electron chi connectivity index (χ3n) is 3.37. The summed E-state index contributed by atoms with van der Waals surface area (Å²) in [5.41, 5.74) is 0.839. The van der Waals surface area contributed by atoms with Gasteiger partial charge in [-0.05, 0) is 18.2 Å². The van der Waals surface area contributed by atoms with E-state index in [1.807, 2.05) is 4.90 Å². The fraction of sp³-hybridized carbons (Fsp3) is 0.267. The first-order chi connectivity index (χ1) is 11.1. The van der Waals surface area contributed by atoms with Crippen LogP contribution >= 0.6 is 23.2 Å². The van der Waals surface area contributed by atoms with E-state index in [2.05, 4.69) is 15.3 Å². The Morgan fingerprint density at radius 1 is 1.17 bits per heavy atom. The van der Waals surface area contributed by atoms with Gasteiger partial charge in [0.2, 0.25) is 5.95 Å².